The van der Waals surface area contributed by atoms with Crippen LogP contribution in [0.3, 0.4) is 0 Å². The van der Waals surface area contributed by atoms with E-state index < -0.39 is 5.60 Å². The Balaban J connectivity index is 1.63. The predicted octanol–water partition coefficient (Wildman–Crippen LogP) is 5.20. The molecule has 6 nitrogen and oxygen atoms in total. The van der Waals surface area contributed by atoms with Crippen molar-refractivity contribution in [3.05, 3.63) is 40.2 Å². The van der Waals surface area contributed by atoms with E-state index in [0.717, 1.165) is 23.1 Å². The van der Waals surface area contributed by atoms with E-state index in [1.807, 2.05) is 32.9 Å². The molecule has 2 heterocycles. The number of nitrogens with zero attached hydrogens (tertiary/aromatic N) is 3. The Kier molecular flexibility index (Phi) is 5.92. The Morgan fingerprint density at radius 3 is 2.96 bits per heavy atom. The van der Waals surface area contributed by atoms with Gasteiger partial charge in [0, 0.05) is 16.8 Å². The number of thioether (sulfide) groups is 1. The number of amides is 1. The molecule has 0 saturated carbocycles. The molecule has 0 bridgehead atoms. The van der Waals surface area contributed by atoms with Crippen molar-refractivity contribution in [2.45, 2.75) is 56.2 Å². The highest BCUT2D eigenvalue weighted by molar-refractivity contribution is 9.10. The molecule has 0 N–H and O–H groups in total. The topological polar surface area (TPSA) is 68.5 Å². The Morgan fingerprint density at radius 1 is 1.42 bits per heavy atom. The number of carbonyl (C=O) groups is 1. The van der Waals surface area contributed by atoms with Gasteiger partial charge in [-0.15, -0.1) is 10.2 Å². The Bertz CT molecular complexity index is 775. The molecule has 0 radical (unpaired) electrons. The van der Waals surface area contributed by atoms with Gasteiger partial charge >= 0.3 is 6.09 Å². The Morgan fingerprint density at radius 2 is 2.23 bits per heavy atom. The van der Waals surface area contributed by atoms with Gasteiger partial charge in [0.15, 0.2) is 0 Å². The molecule has 0 aliphatic carbocycles. The van der Waals surface area contributed by atoms with Gasteiger partial charge in [-0.05, 0) is 51.3 Å². The summed E-state index contributed by atoms with van der Waals surface area (Å²) in [7, 11) is 0. The van der Waals surface area contributed by atoms with Crippen molar-refractivity contribution in [3.8, 4) is 0 Å². The number of rotatable bonds is 4. The van der Waals surface area contributed by atoms with Crippen LogP contribution in [0.15, 0.2) is 38.4 Å². The van der Waals surface area contributed by atoms with Crippen LogP contribution < -0.4 is 0 Å². The molecule has 1 amide bonds. The first-order valence-electron chi connectivity index (χ1n) is 8.52. The highest BCUT2D eigenvalue weighted by atomic mass is 79.9. The molecular weight excluding hydrogens is 418 g/mol. The zero-order valence-corrected chi connectivity index (χ0v) is 17.5. The monoisotopic (exact) mass is 439 g/mol. The van der Waals surface area contributed by atoms with Crippen molar-refractivity contribution < 1.29 is 13.9 Å². The molecule has 1 fully saturated rings. The van der Waals surface area contributed by atoms with Crippen molar-refractivity contribution in [2.24, 2.45) is 0 Å². The fourth-order valence-electron chi connectivity index (χ4n) is 2.75. The Labute approximate surface area is 165 Å². The average Bonchev–Trinajstić information content (AvgIpc) is 3.20. The minimum absolute atomic E-state index is 0.211. The van der Waals surface area contributed by atoms with Gasteiger partial charge in [0.2, 0.25) is 5.89 Å². The second kappa shape index (κ2) is 8.00. The van der Waals surface area contributed by atoms with Crippen LogP contribution in [0.1, 0.15) is 51.1 Å². The predicted molar refractivity (Wildman–Crippen MR) is 103 cm³/mol. The lowest BCUT2D eigenvalue weighted by atomic mass is 10.2. The first kappa shape index (κ1) is 19.2. The smallest absolute Gasteiger partial charge is 0.410 e. The van der Waals surface area contributed by atoms with Crippen molar-refractivity contribution in [1.29, 1.82) is 0 Å². The number of halogens is 1. The summed E-state index contributed by atoms with van der Waals surface area (Å²) < 4.78 is 12.3. The van der Waals surface area contributed by atoms with E-state index in [-0.39, 0.29) is 12.1 Å². The molecule has 0 spiro atoms. The third-order valence-corrected chi connectivity index (χ3v) is 5.22. The molecule has 1 aromatic heterocycles. The van der Waals surface area contributed by atoms with Crippen LogP contribution in [-0.2, 0) is 10.5 Å². The van der Waals surface area contributed by atoms with E-state index in [2.05, 4.69) is 38.3 Å². The summed E-state index contributed by atoms with van der Waals surface area (Å²) in [6, 6.07) is 7.89. The van der Waals surface area contributed by atoms with E-state index in [4.69, 9.17) is 9.15 Å². The van der Waals surface area contributed by atoms with Gasteiger partial charge in [0.25, 0.3) is 5.22 Å². The quantitative estimate of drug-likeness (QED) is 0.609. The summed E-state index contributed by atoms with van der Waals surface area (Å²) >= 11 is 4.95. The van der Waals surface area contributed by atoms with Gasteiger partial charge in [-0.3, -0.25) is 4.90 Å². The summed E-state index contributed by atoms with van der Waals surface area (Å²) in [5.74, 6) is 1.21. The highest BCUT2D eigenvalue weighted by Crippen LogP contribution is 2.34. The zero-order chi connectivity index (χ0) is 18.7. The molecule has 140 valence electrons. The fourth-order valence-corrected chi connectivity index (χ4v) is 3.91. The number of likely N-dealkylation sites (tertiary alicyclic amines) is 1. The largest absolute Gasteiger partial charge is 0.444 e. The van der Waals surface area contributed by atoms with Crippen molar-refractivity contribution in [3.63, 3.8) is 0 Å². The normalized spacial score (nSPS) is 17.5. The summed E-state index contributed by atoms with van der Waals surface area (Å²) in [6.45, 7) is 6.22. The standard InChI is InChI=1S/C18H22BrN3O3S/c1-18(2,3)25-17(23)22-9-5-8-14(22)15-20-21-16(24-15)26-11-12-6-4-7-13(19)10-12/h4,6-7,10,14H,5,8-9,11H2,1-3H3/t14-/m0/s1. The SMILES string of the molecule is CC(C)(C)OC(=O)N1CCC[C@H]1c1nnc(SCc2cccc(Br)c2)o1. The lowest BCUT2D eigenvalue weighted by Crippen LogP contribution is -2.36. The van der Waals surface area contributed by atoms with Gasteiger partial charge in [-0.25, -0.2) is 4.79 Å². The van der Waals surface area contributed by atoms with Gasteiger partial charge in [-0.1, -0.05) is 39.8 Å². The molecule has 1 atom stereocenters. The van der Waals surface area contributed by atoms with E-state index in [1.165, 1.54) is 17.3 Å². The van der Waals surface area contributed by atoms with Crippen LogP contribution in [0.2, 0.25) is 0 Å². The molecule has 2 aromatic rings. The third kappa shape index (κ3) is 5.01. The molecular formula is C18H22BrN3O3S. The van der Waals surface area contributed by atoms with Gasteiger partial charge in [-0.2, -0.15) is 0 Å². The number of aromatic nitrogens is 2. The number of ether oxygens (including phenoxy) is 1. The lowest BCUT2D eigenvalue weighted by molar-refractivity contribution is 0.0201. The summed E-state index contributed by atoms with van der Waals surface area (Å²) in [5, 5.41) is 8.79. The summed E-state index contributed by atoms with van der Waals surface area (Å²) in [5.41, 5.74) is 0.643. The van der Waals surface area contributed by atoms with Crippen LogP contribution in [0.25, 0.3) is 0 Å². The van der Waals surface area contributed by atoms with Crippen LogP contribution >= 0.6 is 27.7 Å². The molecule has 1 aliphatic heterocycles. The molecule has 8 heteroatoms. The summed E-state index contributed by atoms with van der Waals surface area (Å²) in [6.07, 6.45) is 1.37. The van der Waals surface area contributed by atoms with E-state index in [1.54, 1.807) is 4.90 Å². The maximum absolute atomic E-state index is 12.4. The molecule has 3 rings (SSSR count). The summed E-state index contributed by atoms with van der Waals surface area (Å²) in [4.78, 5) is 14.1. The lowest BCUT2D eigenvalue weighted by Gasteiger charge is -2.27. The van der Waals surface area contributed by atoms with Gasteiger partial charge in [0.1, 0.15) is 11.6 Å². The molecule has 0 unspecified atom stereocenters. The van der Waals surface area contributed by atoms with Crippen molar-refractivity contribution in [1.82, 2.24) is 15.1 Å². The van der Waals surface area contributed by atoms with Crippen LogP contribution in [0.5, 0.6) is 0 Å². The van der Waals surface area contributed by atoms with E-state index >= 15 is 0 Å². The molecule has 26 heavy (non-hydrogen) atoms. The molecule has 1 saturated heterocycles. The average molecular weight is 440 g/mol. The highest BCUT2D eigenvalue weighted by Gasteiger charge is 2.36. The third-order valence-electron chi connectivity index (χ3n) is 3.84. The number of benzene rings is 1. The van der Waals surface area contributed by atoms with E-state index in [0.29, 0.717) is 17.7 Å². The van der Waals surface area contributed by atoms with Gasteiger partial charge < -0.3 is 9.15 Å². The van der Waals surface area contributed by atoms with E-state index in [9.17, 15) is 4.79 Å². The second-order valence-corrected chi connectivity index (χ2v) is 9.00. The molecule has 1 aromatic carbocycles. The maximum Gasteiger partial charge on any atom is 0.410 e. The number of hydrogen-bond donors (Lipinski definition) is 0. The first-order valence-corrected chi connectivity index (χ1v) is 10.3. The minimum atomic E-state index is -0.524. The second-order valence-electron chi connectivity index (χ2n) is 7.16. The maximum atomic E-state index is 12.4. The molecule has 1 aliphatic rings. The van der Waals surface area contributed by atoms with Crippen LogP contribution in [0.4, 0.5) is 4.79 Å². The van der Waals surface area contributed by atoms with Crippen molar-refractivity contribution >= 4 is 33.8 Å². The van der Waals surface area contributed by atoms with Crippen molar-refractivity contribution in [2.75, 3.05) is 6.54 Å². The first-order chi connectivity index (χ1) is 12.3. The van der Waals surface area contributed by atoms with Gasteiger partial charge in [0.05, 0.1) is 0 Å². The Hall–Kier alpha value is -1.54. The fraction of sp³-hybridized carbons (Fsp3) is 0.500. The van der Waals surface area contributed by atoms with Crippen LogP contribution in [-0.4, -0.2) is 33.3 Å². The number of carbonyl (C=O) groups excluding carboxylic acids is 1. The zero-order valence-electron chi connectivity index (χ0n) is 15.1. The minimum Gasteiger partial charge on any atom is -0.444 e. The van der Waals surface area contributed by atoms with Crippen LogP contribution in [0, 0.1) is 0 Å². The number of hydrogen-bond acceptors (Lipinski definition) is 6.